The van der Waals surface area contributed by atoms with Crippen molar-refractivity contribution in [1.82, 2.24) is 0 Å². The first-order chi connectivity index (χ1) is 13.0. The maximum Gasteiger partial charge on any atom is 0.357 e. The van der Waals surface area contributed by atoms with Gasteiger partial charge in [-0.1, -0.05) is 30.3 Å². The number of aliphatic carboxylic acids is 1. The molecule has 0 spiro atoms. The summed E-state index contributed by atoms with van der Waals surface area (Å²) in [5.41, 5.74) is 2.18. The zero-order valence-corrected chi connectivity index (χ0v) is 15.3. The molecule has 1 N–H and O–H groups in total. The average Bonchev–Trinajstić information content (AvgIpc) is 3.01. The summed E-state index contributed by atoms with van der Waals surface area (Å²) in [6.07, 6.45) is 1.57. The Balaban J connectivity index is 1.94. The summed E-state index contributed by atoms with van der Waals surface area (Å²) in [7, 11) is 0. The van der Waals surface area contributed by atoms with E-state index >= 15 is 0 Å². The Morgan fingerprint density at radius 3 is 2.26 bits per heavy atom. The summed E-state index contributed by atoms with van der Waals surface area (Å²) in [4.78, 5) is 26.6. The molecule has 0 bridgehead atoms. The lowest BCUT2D eigenvalue weighted by Crippen LogP contribution is -2.22. The number of carboxylic acid groups (broad SMARTS) is 1. The lowest BCUT2D eigenvalue weighted by molar-refractivity contribution is -0.129. The molecule has 6 nitrogen and oxygen atoms in total. The van der Waals surface area contributed by atoms with Gasteiger partial charge in [0, 0.05) is 18.8 Å². The highest BCUT2D eigenvalue weighted by molar-refractivity contribution is 6.53. The SMILES string of the molecule is CCN(CC)c1ccc(/C=C2\C(=O)N(c3ccccc3)N=C2C(=O)O)cc1. The monoisotopic (exact) mass is 363 g/mol. The van der Waals surface area contributed by atoms with Gasteiger partial charge in [0.1, 0.15) is 0 Å². The Kier molecular flexibility index (Phi) is 5.35. The third kappa shape index (κ3) is 3.74. The summed E-state index contributed by atoms with van der Waals surface area (Å²) in [6.45, 7) is 5.98. The van der Waals surface area contributed by atoms with E-state index in [0.29, 0.717) is 5.69 Å². The number of hydrazone groups is 1. The van der Waals surface area contributed by atoms with Gasteiger partial charge in [-0.25, -0.2) is 4.79 Å². The van der Waals surface area contributed by atoms with E-state index in [4.69, 9.17) is 0 Å². The fourth-order valence-electron chi connectivity index (χ4n) is 2.98. The smallest absolute Gasteiger partial charge is 0.357 e. The van der Waals surface area contributed by atoms with Crippen molar-refractivity contribution < 1.29 is 14.7 Å². The lowest BCUT2D eigenvalue weighted by Gasteiger charge is -2.20. The Bertz CT molecular complexity index is 898. The van der Waals surface area contributed by atoms with Gasteiger partial charge < -0.3 is 10.0 Å². The van der Waals surface area contributed by atoms with Crippen LogP contribution in [0.4, 0.5) is 11.4 Å². The predicted molar refractivity (Wildman–Crippen MR) is 107 cm³/mol. The van der Waals surface area contributed by atoms with Crippen molar-refractivity contribution in [3.63, 3.8) is 0 Å². The molecule has 1 aliphatic heterocycles. The standard InChI is InChI=1S/C21H21N3O3/c1-3-23(4-2)16-12-10-15(11-13-16)14-18-19(21(26)27)22-24(20(18)25)17-8-6-5-7-9-17/h5-14H,3-4H2,1-2H3,(H,26,27)/b18-14-. The molecule has 3 rings (SSSR count). The van der Waals surface area contributed by atoms with E-state index in [9.17, 15) is 14.7 Å². The van der Waals surface area contributed by atoms with Crippen LogP contribution in [-0.4, -0.2) is 35.8 Å². The van der Waals surface area contributed by atoms with Gasteiger partial charge in [-0.2, -0.15) is 10.1 Å². The van der Waals surface area contributed by atoms with E-state index in [1.54, 1.807) is 30.3 Å². The van der Waals surface area contributed by atoms with Crippen LogP contribution >= 0.6 is 0 Å². The molecule has 1 heterocycles. The molecular weight excluding hydrogens is 342 g/mol. The molecule has 138 valence electrons. The number of rotatable bonds is 6. The maximum absolute atomic E-state index is 12.8. The van der Waals surface area contributed by atoms with Crippen molar-refractivity contribution >= 4 is 35.0 Å². The molecular formula is C21H21N3O3. The summed E-state index contributed by atoms with van der Waals surface area (Å²) < 4.78 is 0. The molecule has 0 atom stereocenters. The Morgan fingerprint density at radius 1 is 1.07 bits per heavy atom. The number of hydrogen-bond donors (Lipinski definition) is 1. The van der Waals surface area contributed by atoms with E-state index < -0.39 is 11.9 Å². The van der Waals surface area contributed by atoms with E-state index in [-0.39, 0.29) is 11.3 Å². The highest BCUT2D eigenvalue weighted by Crippen LogP contribution is 2.25. The van der Waals surface area contributed by atoms with Crippen LogP contribution < -0.4 is 9.91 Å². The summed E-state index contributed by atoms with van der Waals surface area (Å²) >= 11 is 0. The summed E-state index contributed by atoms with van der Waals surface area (Å²) in [5.74, 6) is -1.68. The number of carboxylic acids is 1. The molecule has 0 aliphatic carbocycles. The first-order valence-electron chi connectivity index (χ1n) is 8.83. The van der Waals surface area contributed by atoms with Crippen molar-refractivity contribution in [2.75, 3.05) is 23.0 Å². The molecule has 1 amide bonds. The van der Waals surface area contributed by atoms with Crippen molar-refractivity contribution in [2.24, 2.45) is 5.10 Å². The topological polar surface area (TPSA) is 73.2 Å². The van der Waals surface area contributed by atoms with Gasteiger partial charge in [-0.05, 0) is 49.8 Å². The zero-order valence-electron chi connectivity index (χ0n) is 15.3. The van der Waals surface area contributed by atoms with Crippen molar-refractivity contribution in [3.05, 3.63) is 65.7 Å². The van der Waals surface area contributed by atoms with Crippen molar-refractivity contribution in [2.45, 2.75) is 13.8 Å². The lowest BCUT2D eigenvalue weighted by atomic mass is 10.1. The van der Waals surface area contributed by atoms with Gasteiger partial charge in [0.2, 0.25) is 0 Å². The number of carbonyl (C=O) groups is 2. The molecule has 0 aromatic heterocycles. The second-order valence-corrected chi connectivity index (χ2v) is 6.03. The molecule has 27 heavy (non-hydrogen) atoms. The molecule has 0 unspecified atom stereocenters. The Morgan fingerprint density at radius 2 is 1.70 bits per heavy atom. The Labute approximate surface area is 158 Å². The average molecular weight is 363 g/mol. The van der Waals surface area contributed by atoms with Gasteiger partial charge in [0.15, 0.2) is 5.71 Å². The number of anilines is 2. The summed E-state index contributed by atoms with van der Waals surface area (Å²) in [5, 5.41) is 14.6. The van der Waals surface area contributed by atoms with Crippen molar-refractivity contribution in [1.29, 1.82) is 0 Å². The number of amides is 1. The number of para-hydroxylation sites is 1. The molecule has 1 aliphatic rings. The Hall–Kier alpha value is -3.41. The van der Waals surface area contributed by atoms with Gasteiger partial charge in [-0.3, -0.25) is 4.79 Å². The normalized spacial score (nSPS) is 15.2. The fourth-order valence-corrected chi connectivity index (χ4v) is 2.98. The van der Waals surface area contributed by atoms with Crippen LogP contribution in [0.15, 0.2) is 65.3 Å². The molecule has 0 saturated heterocycles. The van der Waals surface area contributed by atoms with Crippen LogP contribution in [-0.2, 0) is 9.59 Å². The maximum atomic E-state index is 12.8. The van der Waals surface area contributed by atoms with Crippen LogP contribution in [0, 0.1) is 0 Å². The van der Waals surface area contributed by atoms with E-state index in [1.807, 2.05) is 30.3 Å². The zero-order chi connectivity index (χ0) is 19.4. The first-order valence-corrected chi connectivity index (χ1v) is 8.83. The van der Waals surface area contributed by atoms with Crippen LogP contribution in [0.1, 0.15) is 19.4 Å². The third-order valence-electron chi connectivity index (χ3n) is 4.41. The minimum atomic E-state index is -1.23. The van der Waals surface area contributed by atoms with Gasteiger partial charge in [-0.15, -0.1) is 0 Å². The molecule has 2 aromatic carbocycles. The number of benzene rings is 2. The van der Waals surface area contributed by atoms with E-state index in [2.05, 4.69) is 23.8 Å². The van der Waals surface area contributed by atoms with Gasteiger partial charge in [0.05, 0.1) is 11.3 Å². The van der Waals surface area contributed by atoms with E-state index in [1.165, 1.54) is 0 Å². The highest BCUT2D eigenvalue weighted by Gasteiger charge is 2.34. The van der Waals surface area contributed by atoms with Crippen LogP contribution in [0.5, 0.6) is 0 Å². The highest BCUT2D eigenvalue weighted by atomic mass is 16.4. The van der Waals surface area contributed by atoms with Gasteiger partial charge >= 0.3 is 5.97 Å². The minimum absolute atomic E-state index is 0.0712. The number of hydrogen-bond acceptors (Lipinski definition) is 4. The van der Waals surface area contributed by atoms with Gasteiger partial charge in [0.25, 0.3) is 5.91 Å². The van der Waals surface area contributed by atoms with Crippen LogP contribution in [0.2, 0.25) is 0 Å². The van der Waals surface area contributed by atoms with Crippen molar-refractivity contribution in [3.8, 4) is 0 Å². The third-order valence-corrected chi connectivity index (χ3v) is 4.41. The van der Waals surface area contributed by atoms with E-state index in [0.717, 1.165) is 29.3 Å². The number of carbonyl (C=O) groups excluding carboxylic acids is 1. The molecule has 0 fully saturated rings. The predicted octanol–water partition coefficient (Wildman–Crippen LogP) is 3.40. The van der Waals surface area contributed by atoms with Crippen LogP contribution in [0.25, 0.3) is 6.08 Å². The number of nitrogens with zero attached hydrogens (tertiary/aromatic N) is 3. The second-order valence-electron chi connectivity index (χ2n) is 6.03. The van der Waals surface area contributed by atoms with Crippen LogP contribution in [0.3, 0.4) is 0 Å². The molecule has 6 heteroatoms. The molecule has 0 radical (unpaired) electrons. The fraction of sp³-hybridized carbons (Fsp3) is 0.190. The second kappa shape index (κ2) is 7.86. The molecule has 2 aromatic rings. The quantitative estimate of drug-likeness (QED) is 0.799. The first kappa shape index (κ1) is 18.4. The summed E-state index contributed by atoms with van der Waals surface area (Å²) in [6, 6.07) is 16.5. The molecule has 0 saturated carbocycles. The largest absolute Gasteiger partial charge is 0.476 e. The minimum Gasteiger partial charge on any atom is -0.476 e.